The van der Waals surface area contributed by atoms with Gasteiger partial charge < -0.3 is 4.74 Å². The molecule has 0 aromatic heterocycles. The van der Waals surface area contributed by atoms with Gasteiger partial charge in [0, 0.05) is 5.57 Å². The molecule has 0 bridgehead atoms. The fourth-order valence-electron chi connectivity index (χ4n) is 3.22. The molecule has 0 fully saturated rings. The number of carbonyl (C=O) groups excluding carboxylic acids is 1. The van der Waals surface area contributed by atoms with E-state index in [-0.39, 0.29) is 5.91 Å². The molecule has 0 saturated carbocycles. The zero-order valence-electron chi connectivity index (χ0n) is 15.6. The van der Waals surface area contributed by atoms with Crippen molar-refractivity contribution in [2.24, 2.45) is 0 Å². The minimum absolute atomic E-state index is 0.163. The van der Waals surface area contributed by atoms with Gasteiger partial charge in [0.05, 0.1) is 28.5 Å². The molecule has 1 amide bonds. The van der Waals surface area contributed by atoms with E-state index in [2.05, 4.69) is 0 Å². The molecule has 1 aliphatic heterocycles. The van der Waals surface area contributed by atoms with Gasteiger partial charge in [-0.2, -0.15) is 0 Å². The van der Waals surface area contributed by atoms with Crippen molar-refractivity contribution >= 4 is 46.6 Å². The smallest absolute Gasteiger partial charge is 0.262 e. The first-order chi connectivity index (χ1) is 14.1. The van der Waals surface area contributed by atoms with Crippen LogP contribution in [0.5, 0.6) is 5.75 Å². The first kappa shape index (κ1) is 19.3. The van der Waals surface area contributed by atoms with Crippen molar-refractivity contribution in [2.75, 3.05) is 12.0 Å². The number of hydrogen-bond donors (Lipinski definition) is 0. The standard InChI is InChI=1S/C24H17Cl2NO2/c1-29-19-12-10-16(11-13-19)14-18-15-22(17-6-3-2-4-7-17)27(24(18)28)21-9-5-8-20(25)23(21)26/h2-15H,1H3/b18-14+. The molecule has 4 rings (SSSR count). The molecule has 1 aliphatic rings. The normalized spacial score (nSPS) is 15.0. The Bertz CT molecular complexity index is 1120. The maximum atomic E-state index is 13.4. The lowest BCUT2D eigenvalue weighted by Crippen LogP contribution is -2.25. The summed E-state index contributed by atoms with van der Waals surface area (Å²) in [6.07, 6.45) is 3.72. The lowest BCUT2D eigenvalue weighted by Gasteiger charge is -2.22. The minimum atomic E-state index is -0.163. The molecule has 1 heterocycles. The van der Waals surface area contributed by atoms with E-state index in [4.69, 9.17) is 27.9 Å². The summed E-state index contributed by atoms with van der Waals surface area (Å²) in [4.78, 5) is 15.0. The van der Waals surface area contributed by atoms with E-state index < -0.39 is 0 Å². The van der Waals surface area contributed by atoms with Gasteiger partial charge in [-0.1, -0.05) is 71.7 Å². The number of anilines is 1. The molecular weight excluding hydrogens is 405 g/mol. The zero-order valence-corrected chi connectivity index (χ0v) is 17.1. The minimum Gasteiger partial charge on any atom is -0.497 e. The molecular formula is C24H17Cl2NO2. The van der Waals surface area contributed by atoms with E-state index >= 15 is 0 Å². The van der Waals surface area contributed by atoms with Gasteiger partial charge in [0.15, 0.2) is 0 Å². The highest BCUT2D eigenvalue weighted by Gasteiger charge is 2.32. The van der Waals surface area contributed by atoms with Crippen molar-refractivity contribution in [3.05, 3.63) is 106 Å². The first-order valence-corrected chi connectivity index (χ1v) is 9.75. The van der Waals surface area contributed by atoms with E-state index in [1.54, 1.807) is 30.2 Å². The van der Waals surface area contributed by atoms with Crippen molar-refractivity contribution < 1.29 is 9.53 Å². The van der Waals surface area contributed by atoms with Crippen LogP contribution < -0.4 is 9.64 Å². The Morgan fingerprint density at radius 3 is 2.31 bits per heavy atom. The second-order valence-electron chi connectivity index (χ2n) is 6.48. The molecule has 3 aromatic rings. The largest absolute Gasteiger partial charge is 0.497 e. The van der Waals surface area contributed by atoms with Gasteiger partial charge >= 0.3 is 0 Å². The Kier molecular flexibility index (Phi) is 5.43. The molecule has 0 unspecified atom stereocenters. The Labute approximate surface area is 179 Å². The van der Waals surface area contributed by atoms with Gasteiger partial charge in [0.25, 0.3) is 5.91 Å². The summed E-state index contributed by atoms with van der Waals surface area (Å²) in [6.45, 7) is 0. The fourth-order valence-corrected chi connectivity index (χ4v) is 3.60. The van der Waals surface area contributed by atoms with Crippen molar-refractivity contribution in [3.63, 3.8) is 0 Å². The molecule has 5 heteroatoms. The summed E-state index contributed by atoms with van der Waals surface area (Å²) in [6, 6.07) is 22.5. The summed E-state index contributed by atoms with van der Waals surface area (Å²) >= 11 is 12.7. The predicted octanol–water partition coefficient (Wildman–Crippen LogP) is 6.47. The van der Waals surface area contributed by atoms with E-state index in [1.165, 1.54) is 0 Å². The number of nitrogens with zero attached hydrogens (tertiary/aromatic N) is 1. The third kappa shape index (κ3) is 3.80. The van der Waals surface area contributed by atoms with Crippen LogP contribution in [-0.2, 0) is 4.79 Å². The molecule has 0 radical (unpaired) electrons. The SMILES string of the molecule is COc1ccc(/C=C2\C=C(c3ccccc3)N(c3cccc(Cl)c3Cl)C2=O)cc1. The van der Waals surface area contributed by atoms with Crippen molar-refractivity contribution in [3.8, 4) is 5.75 Å². The maximum absolute atomic E-state index is 13.4. The molecule has 144 valence electrons. The average molecular weight is 422 g/mol. The molecule has 0 atom stereocenters. The number of methoxy groups -OCH3 is 1. The molecule has 0 spiro atoms. The second-order valence-corrected chi connectivity index (χ2v) is 7.27. The number of rotatable bonds is 4. The summed E-state index contributed by atoms with van der Waals surface area (Å²) in [7, 11) is 1.62. The number of carbonyl (C=O) groups is 1. The van der Waals surface area contributed by atoms with Crippen LogP contribution >= 0.6 is 23.2 Å². The Morgan fingerprint density at radius 2 is 1.62 bits per heavy atom. The lowest BCUT2D eigenvalue weighted by atomic mass is 10.1. The van der Waals surface area contributed by atoms with Crippen LogP contribution in [0.2, 0.25) is 10.0 Å². The van der Waals surface area contributed by atoms with Gasteiger partial charge in [-0.3, -0.25) is 9.69 Å². The van der Waals surface area contributed by atoms with Crippen LogP contribution in [0, 0.1) is 0 Å². The summed E-state index contributed by atoms with van der Waals surface area (Å²) < 4.78 is 5.20. The molecule has 3 nitrogen and oxygen atoms in total. The van der Waals surface area contributed by atoms with E-state index in [0.717, 1.165) is 22.6 Å². The molecule has 0 N–H and O–H groups in total. The van der Waals surface area contributed by atoms with Gasteiger partial charge in [0.1, 0.15) is 5.75 Å². The summed E-state index contributed by atoms with van der Waals surface area (Å²) in [5, 5.41) is 0.743. The van der Waals surface area contributed by atoms with E-state index in [0.29, 0.717) is 21.3 Å². The topological polar surface area (TPSA) is 29.5 Å². The van der Waals surface area contributed by atoms with Gasteiger partial charge in [0.2, 0.25) is 0 Å². The third-order valence-corrected chi connectivity index (χ3v) is 5.47. The highest BCUT2D eigenvalue weighted by atomic mass is 35.5. The van der Waals surface area contributed by atoms with Gasteiger partial charge in [-0.05, 0) is 47.5 Å². The van der Waals surface area contributed by atoms with E-state index in [1.807, 2.05) is 66.7 Å². The number of benzene rings is 3. The number of amides is 1. The van der Waals surface area contributed by atoms with Crippen LogP contribution in [0.25, 0.3) is 11.8 Å². The molecule has 29 heavy (non-hydrogen) atoms. The summed E-state index contributed by atoms with van der Waals surface area (Å²) in [5.41, 5.74) is 3.67. The van der Waals surface area contributed by atoms with Crippen molar-refractivity contribution in [1.82, 2.24) is 0 Å². The number of ether oxygens (including phenoxy) is 1. The lowest BCUT2D eigenvalue weighted by molar-refractivity contribution is -0.113. The third-order valence-electron chi connectivity index (χ3n) is 4.66. The zero-order chi connectivity index (χ0) is 20.4. The maximum Gasteiger partial charge on any atom is 0.262 e. The quantitative estimate of drug-likeness (QED) is 0.451. The average Bonchev–Trinajstić information content (AvgIpc) is 3.07. The van der Waals surface area contributed by atoms with Crippen LogP contribution in [0.15, 0.2) is 84.4 Å². The molecule has 0 aliphatic carbocycles. The van der Waals surface area contributed by atoms with Crippen molar-refractivity contribution in [1.29, 1.82) is 0 Å². The van der Waals surface area contributed by atoms with Crippen molar-refractivity contribution in [2.45, 2.75) is 0 Å². The van der Waals surface area contributed by atoms with Gasteiger partial charge in [-0.15, -0.1) is 0 Å². The molecule has 3 aromatic carbocycles. The highest BCUT2D eigenvalue weighted by Crippen LogP contribution is 2.41. The van der Waals surface area contributed by atoms with Crippen LogP contribution in [-0.4, -0.2) is 13.0 Å². The monoisotopic (exact) mass is 421 g/mol. The van der Waals surface area contributed by atoms with Crippen LogP contribution in [0.1, 0.15) is 11.1 Å². The Morgan fingerprint density at radius 1 is 0.897 bits per heavy atom. The number of halogens is 2. The van der Waals surface area contributed by atoms with Crippen LogP contribution in [0.4, 0.5) is 5.69 Å². The first-order valence-electron chi connectivity index (χ1n) is 9.00. The fraction of sp³-hybridized carbons (Fsp3) is 0.0417. The predicted molar refractivity (Wildman–Crippen MR) is 119 cm³/mol. The van der Waals surface area contributed by atoms with E-state index in [9.17, 15) is 4.79 Å². The van der Waals surface area contributed by atoms with Gasteiger partial charge in [-0.25, -0.2) is 0 Å². The Balaban J connectivity index is 1.82. The van der Waals surface area contributed by atoms with Crippen LogP contribution in [0.3, 0.4) is 0 Å². The second kappa shape index (κ2) is 8.16. The highest BCUT2D eigenvalue weighted by molar-refractivity contribution is 6.44. The Hall–Kier alpha value is -3.01. The number of hydrogen-bond acceptors (Lipinski definition) is 2. The molecule has 0 saturated heterocycles. The summed E-state index contributed by atoms with van der Waals surface area (Å²) in [5.74, 6) is 0.599.